The predicted molar refractivity (Wildman–Crippen MR) is 259 cm³/mol. The van der Waals surface area contributed by atoms with Crippen LogP contribution >= 0.6 is 47.8 Å². The van der Waals surface area contributed by atoms with Gasteiger partial charge in [-0.1, -0.05) is 117 Å². The maximum absolute atomic E-state index is 8.17. The van der Waals surface area contributed by atoms with Gasteiger partial charge in [0.15, 0.2) is 0 Å². The van der Waals surface area contributed by atoms with Crippen LogP contribution in [0.25, 0.3) is 98.9 Å². The number of halogens is 3. The van der Waals surface area contributed by atoms with Crippen LogP contribution in [0.3, 0.4) is 0 Å². The van der Waals surface area contributed by atoms with Crippen LogP contribution in [0, 0.1) is 0 Å². The number of rotatable bonds is 3. The highest BCUT2D eigenvalue weighted by atomic mass is 79.9. The van der Waals surface area contributed by atoms with Crippen LogP contribution in [0.5, 0.6) is 5.75 Å². The molecule has 0 unspecified atom stereocenters. The van der Waals surface area contributed by atoms with Crippen molar-refractivity contribution in [3.63, 3.8) is 0 Å². The van der Waals surface area contributed by atoms with Crippen molar-refractivity contribution in [2.45, 2.75) is 14.9 Å². The highest BCUT2D eigenvalue weighted by molar-refractivity contribution is 9.11. The molecule has 10 heteroatoms. The molecule has 1 radical (unpaired) electrons. The fourth-order valence-corrected chi connectivity index (χ4v) is 8.46. The first kappa shape index (κ1) is 41.0. The van der Waals surface area contributed by atoms with Crippen molar-refractivity contribution in [3.8, 4) is 16.9 Å². The molecule has 12 rings (SSSR count). The van der Waals surface area contributed by atoms with Crippen LogP contribution < -0.4 is 4.65 Å². The fraction of sp³-hybridized carbons (Fsp3) is 0.0400. The number of benzene rings is 8. The van der Waals surface area contributed by atoms with Gasteiger partial charge in [0, 0.05) is 68.6 Å². The molecule has 12 aromatic rings. The Balaban J connectivity index is 0.000000136. The zero-order valence-corrected chi connectivity index (χ0v) is 35.0. The lowest BCUT2D eigenvalue weighted by Crippen LogP contribution is -1.98. The highest BCUT2D eigenvalue weighted by Crippen LogP contribution is 2.40. The summed E-state index contributed by atoms with van der Waals surface area (Å²) in [6.45, 7) is 0. The van der Waals surface area contributed by atoms with Gasteiger partial charge in [-0.05, 0) is 102 Å². The van der Waals surface area contributed by atoms with Gasteiger partial charge >= 0.3 is 7.69 Å². The maximum atomic E-state index is 8.17. The van der Waals surface area contributed by atoms with Crippen molar-refractivity contribution >= 4 is 143 Å². The molecule has 0 saturated carbocycles. The van der Waals surface area contributed by atoms with E-state index in [0.29, 0.717) is 13.4 Å². The molecule has 4 heterocycles. The zero-order chi connectivity index (χ0) is 39.3. The number of hydrogen-bond donors (Lipinski definition) is 1. The third-order valence-electron chi connectivity index (χ3n) is 10.0. The molecule has 0 amide bonds. The fourth-order valence-electron chi connectivity index (χ4n) is 7.38. The van der Waals surface area contributed by atoms with E-state index < -0.39 is 0 Å². The van der Waals surface area contributed by atoms with E-state index in [1.165, 1.54) is 11.1 Å². The molecule has 0 saturated heterocycles. The first-order valence-electron chi connectivity index (χ1n) is 18.2. The van der Waals surface area contributed by atoms with Crippen LogP contribution in [0.15, 0.2) is 189 Å². The lowest BCUT2D eigenvalue weighted by atomic mass is 10.0. The molecule has 4 aromatic heterocycles. The van der Waals surface area contributed by atoms with E-state index in [-0.39, 0.29) is 14.9 Å². The Morgan fingerprint density at radius 2 is 0.700 bits per heavy atom. The van der Waals surface area contributed by atoms with Crippen molar-refractivity contribution in [2.24, 2.45) is 0 Å². The van der Waals surface area contributed by atoms with Gasteiger partial charge in [0.25, 0.3) is 0 Å². The normalized spacial score (nSPS) is 11.1. The van der Waals surface area contributed by atoms with Crippen molar-refractivity contribution < 1.29 is 27.3 Å². The summed E-state index contributed by atoms with van der Waals surface area (Å²) in [6, 6.07) is 52.4. The van der Waals surface area contributed by atoms with Crippen molar-refractivity contribution in [3.05, 3.63) is 171 Å². The van der Waals surface area contributed by atoms with Crippen LogP contribution in [0.1, 0.15) is 14.9 Å². The van der Waals surface area contributed by atoms with Gasteiger partial charge in [-0.2, -0.15) is 0 Å². The van der Waals surface area contributed by atoms with E-state index in [1.54, 1.807) is 12.1 Å². The predicted octanol–water partition coefficient (Wildman–Crippen LogP) is 16.8. The molecule has 60 heavy (non-hydrogen) atoms. The average molecular weight is 982 g/mol. The molecule has 295 valence electrons. The SMILES string of the molecule is Brc1ccc2oc3cc4oc5ccc(-c6ccccc6)cc5c4cc3c2c1.Brc1ccc2oc3cc4oc5ccc(Br)cc5c4cc3c2c1.C.C.O[B]Oc1ccccc1. The minimum Gasteiger partial charge on any atom is -0.537 e. The monoisotopic (exact) mass is 979 g/mol. The Morgan fingerprint density at radius 3 is 1.10 bits per heavy atom. The van der Waals surface area contributed by atoms with E-state index in [4.69, 9.17) is 22.7 Å². The summed E-state index contributed by atoms with van der Waals surface area (Å²) in [4.78, 5) is 0. The van der Waals surface area contributed by atoms with Gasteiger partial charge in [0.05, 0.1) is 5.75 Å². The molecule has 0 aliphatic heterocycles. The van der Waals surface area contributed by atoms with E-state index in [9.17, 15) is 0 Å². The minimum absolute atomic E-state index is 0. The van der Waals surface area contributed by atoms with Crippen molar-refractivity contribution in [1.29, 1.82) is 0 Å². The maximum Gasteiger partial charge on any atom is 0.569 e. The Bertz CT molecular complexity index is 3370. The third kappa shape index (κ3) is 7.72. The standard InChI is InChI=1S/C24H13BrO2.C18H8Br2O2.C6H6BO2.2CH4/c25-16-7-9-22-18(11-16)20-12-19-17-10-15(14-4-2-1-3-5-14)6-8-21(17)26-23(19)13-24(20)27-22;19-9-1-3-15-11(5-9)13-7-14-12-6-10(20)2-4-16(12)22-18(14)8-17(13)21-15;8-7-9-6-4-2-1-3-5-6;;/h1-13H;1-8H;1-5,8H;2*1H4. The van der Waals surface area contributed by atoms with E-state index >= 15 is 0 Å². The molecule has 0 fully saturated rings. The smallest absolute Gasteiger partial charge is 0.537 e. The lowest BCUT2D eigenvalue weighted by Gasteiger charge is -2.01. The molecule has 0 bridgehead atoms. The quantitative estimate of drug-likeness (QED) is 0.178. The second kappa shape index (κ2) is 17.1. The van der Waals surface area contributed by atoms with Crippen LogP contribution in [0.2, 0.25) is 0 Å². The van der Waals surface area contributed by atoms with Gasteiger partial charge in [-0.15, -0.1) is 0 Å². The number of hydrogen-bond acceptors (Lipinski definition) is 6. The largest absolute Gasteiger partial charge is 0.569 e. The summed E-state index contributed by atoms with van der Waals surface area (Å²) >= 11 is 10.6. The topological polar surface area (TPSA) is 82.0 Å². The van der Waals surface area contributed by atoms with Crippen LogP contribution in [-0.2, 0) is 0 Å². The molecule has 8 aromatic carbocycles. The first-order chi connectivity index (χ1) is 28.4. The summed E-state index contributed by atoms with van der Waals surface area (Å²) in [6.07, 6.45) is 0. The molecule has 0 atom stereocenters. The summed E-state index contributed by atoms with van der Waals surface area (Å²) in [7, 11) is 0.662. The third-order valence-corrected chi connectivity index (χ3v) is 11.5. The summed E-state index contributed by atoms with van der Waals surface area (Å²) < 4.78 is 31.8. The van der Waals surface area contributed by atoms with Crippen LogP contribution in [0.4, 0.5) is 0 Å². The van der Waals surface area contributed by atoms with Crippen LogP contribution in [-0.4, -0.2) is 12.7 Å². The molecular formula is C50H35BBr3O6. The minimum atomic E-state index is 0. The summed E-state index contributed by atoms with van der Waals surface area (Å²) in [5.74, 6) is 0.639. The Labute approximate surface area is 371 Å². The summed E-state index contributed by atoms with van der Waals surface area (Å²) in [5.41, 5.74) is 9.32. The van der Waals surface area contributed by atoms with E-state index in [2.05, 4.69) is 119 Å². The Morgan fingerprint density at radius 1 is 0.350 bits per heavy atom. The lowest BCUT2D eigenvalue weighted by molar-refractivity contribution is 0.454. The second-order valence-electron chi connectivity index (χ2n) is 13.6. The average Bonchev–Trinajstić information content (AvgIpc) is 3.99. The molecule has 0 aliphatic carbocycles. The number of para-hydroxylation sites is 1. The van der Waals surface area contributed by atoms with Gasteiger partial charge in [-0.3, -0.25) is 0 Å². The Kier molecular flexibility index (Phi) is 11.7. The molecule has 0 spiro atoms. The van der Waals surface area contributed by atoms with Crippen molar-refractivity contribution in [2.75, 3.05) is 0 Å². The first-order valence-corrected chi connectivity index (χ1v) is 20.6. The zero-order valence-electron chi connectivity index (χ0n) is 30.2. The molecule has 0 aliphatic rings. The number of furan rings is 4. The van der Waals surface area contributed by atoms with Gasteiger partial charge in [0.2, 0.25) is 0 Å². The molecule has 1 N–H and O–H groups in total. The highest BCUT2D eigenvalue weighted by Gasteiger charge is 2.16. The Hall–Kier alpha value is -5.78. The van der Waals surface area contributed by atoms with E-state index in [0.717, 1.165) is 101 Å². The van der Waals surface area contributed by atoms with Crippen molar-refractivity contribution in [1.82, 2.24) is 0 Å². The second-order valence-corrected chi connectivity index (χ2v) is 16.4. The van der Waals surface area contributed by atoms with Gasteiger partial charge in [-0.25, -0.2) is 0 Å². The van der Waals surface area contributed by atoms with Gasteiger partial charge in [0.1, 0.15) is 44.7 Å². The summed E-state index contributed by atoms with van der Waals surface area (Å²) in [5, 5.41) is 17.0. The van der Waals surface area contributed by atoms with E-state index in [1.807, 2.05) is 78.9 Å². The molecular weight excluding hydrogens is 947 g/mol. The van der Waals surface area contributed by atoms with Gasteiger partial charge < -0.3 is 27.3 Å². The number of fused-ring (bicyclic) bond motifs is 12. The molecule has 6 nitrogen and oxygen atoms in total.